The van der Waals surface area contributed by atoms with Gasteiger partial charge < -0.3 is 0 Å². The van der Waals surface area contributed by atoms with E-state index in [0.29, 0.717) is 0 Å². The molecule has 0 radical (unpaired) electrons. The van der Waals surface area contributed by atoms with Gasteiger partial charge in [0, 0.05) is 0 Å². The summed E-state index contributed by atoms with van der Waals surface area (Å²) in [7, 11) is -4.29. The van der Waals surface area contributed by atoms with Crippen LogP contribution >= 0.6 is 0 Å². The molecule has 2 N–H and O–H groups in total. The van der Waals surface area contributed by atoms with Crippen molar-refractivity contribution in [3.63, 3.8) is 0 Å². The summed E-state index contributed by atoms with van der Waals surface area (Å²) in [4.78, 5) is 6.12. The second kappa shape index (κ2) is 4.64. The summed E-state index contributed by atoms with van der Waals surface area (Å²) in [6, 6.07) is 0. The molecule has 0 aliphatic heterocycles. The maximum absolute atomic E-state index is 11.7. The molecule has 5 nitrogen and oxygen atoms in total. The molecular weight excluding hydrogens is 237 g/mol. The highest BCUT2D eigenvalue weighted by Gasteiger charge is 2.29. The Labute approximate surface area is 86.1 Å². The van der Waals surface area contributed by atoms with Gasteiger partial charge in [-0.2, -0.15) is 26.3 Å². The lowest BCUT2D eigenvalue weighted by Gasteiger charge is -2.19. The van der Waals surface area contributed by atoms with Crippen molar-refractivity contribution in [3.05, 3.63) is 0 Å². The van der Waals surface area contributed by atoms with Crippen LogP contribution in [-0.4, -0.2) is 26.7 Å². The van der Waals surface area contributed by atoms with Gasteiger partial charge in [0.05, 0.1) is 5.60 Å². The van der Waals surface area contributed by atoms with Gasteiger partial charge in [0.25, 0.3) is 10.2 Å². The SMILES string of the molecule is CC(C)(C)ONS(=O)(=O)NCC(F)(F)F. The summed E-state index contributed by atoms with van der Waals surface area (Å²) in [6.07, 6.45) is -4.60. The normalized spacial score (nSPS) is 14.3. The zero-order chi connectivity index (χ0) is 12.3. The lowest BCUT2D eigenvalue weighted by molar-refractivity contribution is -0.121. The zero-order valence-corrected chi connectivity index (χ0v) is 9.29. The number of alkyl halides is 3. The van der Waals surface area contributed by atoms with E-state index < -0.39 is 28.5 Å². The fraction of sp³-hybridized carbons (Fsp3) is 1.00. The first-order valence-electron chi connectivity index (χ1n) is 3.92. The number of nitrogens with one attached hydrogen (secondary N) is 2. The average molecular weight is 250 g/mol. The van der Waals surface area contributed by atoms with Gasteiger partial charge in [-0.15, -0.1) is 0 Å². The first-order chi connectivity index (χ1) is 6.41. The van der Waals surface area contributed by atoms with Crippen molar-refractivity contribution >= 4 is 10.2 Å². The van der Waals surface area contributed by atoms with Crippen LogP contribution in [0.25, 0.3) is 0 Å². The van der Waals surface area contributed by atoms with E-state index in [-0.39, 0.29) is 0 Å². The van der Waals surface area contributed by atoms with Gasteiger partial charge in [0.1, 0.15) is 6.54 Å². The van der Waals surface area contributed by atoms with Crippen molar-refractivity contribution < 1.29 is 26.4 Å². The molecule has 0 aliphatic carbocycles. The molecule has 0 fully saturated rings. The molecule has 0 saturated heterocycles. The Kier molecular flexibility index (Phi) is 4.52. The van der Waals surface area contributed by atoms with E-state index >= 15 is 0 Å². The van der Waals surface area contributed by atoms with Crippen molar-refractivity contribution in [2.75, 3.05) is 6.54 Å². The van der Waals surface area contributed by atoms with Crippen molar-refractivity contribution in [2.45, 2.75) is 32.5 Å². The third-order valence-electron chi connectivity index (χ3n) is 0.920. The van der Waals surface area contributed by atoms with E-state index in [9.17, 15) is 21.6 Å². The highest BCUT2D eigenvalue weighted by atomic mass is 32.2. The molecule has 0 aromatic rings. The van der Waals surface area contributed by atoms with Crippen molar-refractivity contribution in [1.29, 1.82) is 0 Å². The van der Waals surface area contributed by atoms with Gasteiger partial charge in [0.15, 0.2) is 0 Å². The Morgan fingerprint density at radius 3 is 2.00 bits per heavy atom. The van der Waals surface area contributed by atoms with Crippen LogP contribution in [0.2, 0.25) is 0 Å². The Morgan fingerprint density at radius 1 is 1.20 bits per heavy atom. The smallest absolute Gasteiger partial charge is 0.280 e. The van der Waals surface area contributed by atoms with Crippen LogP contribution in [0.3, 0.4) is 0 Å². The third-order valence-corrected chi connectivity index (χ3v) is 1.75. The molecule has 0 atom stereocenters. The fourth-order valence-corrected chi connectivity index (χ4v) is 1.16. The predicted molar refractivity (Wildman–Crippen MR) is 47.0 cm³/mol. The van der Waals surface area contributed by atoms with Crippen molar-refractivity contribution in [3.8, 4) is 0 Å². The average Bonchev–Trinajstić information content (AvgIpc) is 1.96. The second-order valence-corrected chi connectivity index (χ2v) is 5.20. The molecule has 0 amide bonds. The van der Waals surface area contributed by atoms with E-state index in [2.05, 4.69) is 4.84 Å². The van der Waals surface area contributed by atoms with Crippen LogP contribution in [0, 0.1) is 0 Å². The first-order valence-corrected chi connectivity index (χ1v) is 5.41. The molecule has 0 spiro atoms. The molecular formula is C6H13F3N2O3S. The maximum atomic E-state index is 11.7. The predicted octanol–water partition coefficient (Wildman–Crippen LogP) is 0.703. The Bertz CT molecular complexity index is 270. The molecule has 0 rings (SSSR count). The highest BCUT2D eigenvalue weighted by Crippen LogP contribution is 2.12. The summed E-state index contributed by atoms with van der Waals surface area (Å²) in [5, 5.41) is 0. The van der Waals surface area contributed by atoms with E-state index in [1.165, 1.54) is 9.61 Å². The maximum Gasteiger partial charge on any atom is 0.402 e. The molecule has 0 bridgehead atoms. The standard InChI is InChI=1S/C6H13F3N2O3S/c1-5(2,3)14-11-15(12,13)10-4-6(7,8)9/h10-11H,4H2,1-3H3. The van der Waals surface area contributed by atoms with Gasteiger partial charge in [-0.3, -0.25) is 4.84 Å². The first kappa shape index (κ1) is 14.6. The number of halogens is 3. The number of rotatable bonds is 4. The molecule has 0 aromatic carbocycles. The fourth-order valence-electron chi connectivity index (χ4n) is 0.386. The molecule has 0 unspecified atom stereocenters. The summed E-state index contributed by atoms with van der Waals surface area (Å²) < 4.78 is 58.0. The van der Waals surface area contributed by atoms with Crippen LogP contribution in [0.5, 0.6) is 0 Å². The van der Waals surface area contributed by atoms with Crippen LogP contribution in [0.1, 0.15) is 20.8 Å². The van der Waals surface area contributed by atoms with Gasteiger partial charge in [-0.25, -0.2) is 0 Å². The van der Waals surface area contributed by atoms with Gasteiger partial charge >= 0.3 is 6.18 Å². The minimum Gasteiger partial charge on any atom is -0.280 e. The third kappa shape index (κ3) is 9.91. The molecule has 92 valence electrons. The minimum absolute atomic E-state index is 0.826. The number of hydrogen-bond donors (Lipinski definition) is 2. The quantitative estimate of drug-likeness (QED) is 0.722. The summed E-state index contributed by atoms with van der Waals surface area (Å²) >= 11 is 0. The Hall–Kier alpha value is -0.380. The van der Waals surface area contributed by atoms with E-state index in [1.807, 2.05) is 0 Å². The van der Waals surface area contributed by atoms with Crippen LogP contribution in [0.4, 0.5) is 13.2 Å². The van der Waals surface area contributed by atoms with E-state index in [1.54, 1.807) is 20.8 Å². The van der Waals surface area contributed by atoms with E-state index in [0.717, 1.165) is 0 Å². The van der Waals surface area contributed by atoms with E-state index in [4.69, 9.17) is 0 Å². The highest BCUT2D eigenvalue weighted by molar-refractivity contribution is 7.87. The Balaban J connectivity index is 4.11. The topological polar surface area (TPSA) is 67.4 Å². The lowest BCUT2D eigenvalue weighted by Crippen LogP contribution is -2.44. The van der Waals surface area contributed by atoms with Gasteiger partial charge in [-0.1, -0.05) is 4.89 Å². The van der Waals surface area contributed by atoms with Crippen LogP contribution in [-0.2, 0) is 15.0 Å². The second-order valence-electron chi connectivity index (χ2n) is 3.74. The molecule has 15 heavy (non-hydrogen) atoms. The molecule has 9 heteroatoms. The molecule has 0 aliphatic rings. The van der Waals surface area contributed by atoms with Crippen LogP contribution in [0.15, 0.2) is 0 Å². The molecule has 0 aromatic heterocycles. The summed E-state index contributed by atoms with van der Waals surface area (Å²) in [6.45, 7) is 2.98. The van der Waals surface area contributed by atoms with Crippen LogP contribution < -0.4 is 9.61 Å². The lowest BCUT2D eigenvalue weighted by atomic mass is 10.2. The van der Waals surface area contributed by atoms with Gasteiger partial charge in [-0.05, 0) is 20.8 Å². The molecule has 0 saturated carbocycles. The monoisotopic (exact) mass is 250 g/mol. The zero-order valence-electron chi connectivity index (χ0n) is 8.47. The summed E-state index contributed by atoms with van der Waals surface area (Å²) in [5.74, 6) is 0. The Morgan fingerprint density at radius 2 is 1.67 bits per heavy atom. The van der Waals surface area contributed by atoms with Crippen molar-refractivity contribution in [2.24, 2.45) is 0 Å². The minimum atomic E-state index is -4.60. The van der Waals surface area contributed by atoms with Crippen molar-refractivity contribution in [1.82, 2.24) is 9.61 Å². The largest absolute Gasteiger partial charge is 0.402 e. The molecule has 0 heterocycles. The van der Waals surface area contributed by atoms with Gasteiger partial charge in [0.2, 0.25) is 0 Å². The number of hydrogen-bond acceptors (Lipinski definition) is 3. The summed E-state index contributed by atoms with van der Waals surface area (Å²) in [5.41, 5.74) is -0.826.